The third kappa shape index (κ3) is 2.23. The van der Waals surface area contributed by atoms with Crippen LogP contribution < -0.4 is 5.73 Å². The van der Waals surface area contributed by atoms with Crippen molar-refractivity contribution in [2.75, 3.05) is 0 Å². The molecule has 0 radical (unpaired) electrons. The van der Waals surface area contributed by atoms with Crippen LogP contribution in [0.3, 0.4) is 0 Å². The topological polar surface area (TPSA) is 83.6 Å². The molecule has 2 saturated heterocycles. The Balaban J connectivity index is 2.06. The molecule has 5 nitrogen and oxygen atoms in total. The Labute approximate surface area is 107 Å². The Morgan fingerprint density at radius 1 is 1.39 bits per heavy atom. The lowest BCUT2D eigenvalue weighted by atomic mass is 9.89. The van der Waals surface area contributed by atoms with Gasteiger partial charge in [-0.05, 0) is 31.6 Å². The molecule has 0 aromatic carbocycles. The second-order valence-corrected chi connectivity index (χ2v) is 5.96. The molecule has 3 unspecified atom stereocenters. The van der Waals surface area contributed by atoms with E-state index in [-0.39, 0.29) is 23.9 Å². The summed E-state index contributed by atoms with van der Waals surface area (Å²) in [6.45, 7) is 4.07. The molecule has 4 atom stereocenters. The molecule has 3 N–H and O–H groups in total. The zero-order valence-corrected chi connectivity index (χ0v) is 11.0. The SMILES string of the molecule is CC(C)C[C@@H](N)C(=O)N1C2CCC1C(C(=O)O)C2. The summed E-state index contributed by atoms with van der Waals surface area (Å²) in [7, 11) is 0. The molecule has 2 heterocycles. The third-order valence-corrected chi connectivity index (χ3v) is 4.15. The number of aliphatic carboxylic acids is 1. The van der Waals surface area contributed by atoms with E-state index in [0.717, 1.165) is 12.8 Å². The van der Waals surface area contributed by atoms with Crippen LogP contribution in [-0.2, 0) is 9.59 Å². The first-order chi connectivity index (χ1) is 8.41. The Hall–Kier alpha value is -1.10. The highest BCUT2D eigenvalue weighted by molar-refractivity contribution is 5.84. The molecule has 18 heavy (non-hydrogen) atoms. The molecule has 2 rings (SSSR count). The molecular formula is C13H22N2O3. The third-order valence-electron chi connectivity index (χ3n) is 4.15. The number of hydrogen-bond donors (Lipinski definition) is 2. The number of carbonyl (C=O) groups is 2. The molecule has 0 aliphatic carbocycles. The number of nitrogens with zero attached hydrogens (tertiary/aromatic N) is 1. The van der Waals surface area contributed by atoms with E-state index < -0.39 is 12.0 Å². The van der Waals surface area contributed by atoms with E-state index in [9.17, 15) is 9.59 Å². The number of hydrogen-bond acceptors (Lipinski definition) is 3. The van der Waals surface area contributed by atoms with Crippen LogP contribution in [0, 0.1) is 11.8 Å². The van der Waals surface area contributed by atoms with Crippen LogP contribution in [-0.4, -0.2) is 40.0 Å². The van der Waals surface area contributed by atoms with Gasteiger partial charge in [0.25, 0.3) is 0 Å². The van der Waals surface area contributed by atoms with Gasteiger partial charge in [-0.15, -0.1) is 0 Å². The number of carboxylic acids is 1. The quantitative estimate of drug-likeness (QED) is 0.778. The second-order valence-electron chi connectivity index (χ2n) is 5.96. The fraction of sp³-hybridized carbons (Fsp3) is 0.846. The first-order valence-electron chi connectivity index (χ1n) is 6.72. The highest BCUT2D eigenvalue weighted by Crippen LogP contribution is 2.42. The maximum atomic E-state index is 12.3. The van der Waals surface area contributed by atoms with E-state index in [1.54, 1.807) is 4.90 Å². The minimum absolute atomic E-state index is 0.0556. The van der Waals surface area contributed by atoms with Gasteiger partial charge in [0.2, 0.25) is 5.91 Å². The van der Waals surface area contributed by atoms with Gasteiger partial charge in [-0.1, -0.05) is 13.8 Å². The number of nitrogens with two attached hydrogens (primary N) is 1. The Morgan fingerprint density at radius 2 is 2.06 bits per heavy atom. The smallest absolute Gasteiger partial charge is 0.308 e. The van der Waals surface area contributed by atoms with Crippen LogP contribution >= 0.6 is 0 Å². The van der Waals surface area contributed by atoms with Gasteiger partial charge in [0, 0.05) is 12.1 Å². The Bertz CT molecular complexity index is 356. The van der Waals surface area contributed by atoms with Crippen molar-refractivity contribution in [3.05, 3.63) is 0 Å². The highest BCUT2D eigenvalue weighted by atomic mass is 16.4. The number of amides is 1. The first kappa shape index (κ1) is 13.3. The van der Waals surface area contributed by atoms with E-state index in [1.165, 1.54) is 0 Å². The fourth-order valence-electron chi connectivity index (χ4n) is 3.40. The lowest BCUT2D eigenvalue weighted by molar-refractivity contribution is -0.143. The van der Waals surface area contributed by atoms with Crippen molar-refractivity contribution in [1.82, 2.24) is 4.90 Å². The predicted octanol–water partition coefficient (Wildman–Crippen LogP) is 0.824. The van der Waals surface area contributed by atoms with Crippen molar-refractivity contribution in [2.24, 2.45) is 17.6 Å². The van der Waals surface area contributed by atoms with Gasteiger partial charge in [-0.25, -0.2) is 0 Å². The van der Waals surface area contributed by atoms with Gasteiger partial charge < -0.3 is 15.7 Å². The summed E-state index contributed by atoms with van der Waals surface area (Å²) in [5.41, 5.74) is 5.93. The lowest BCUT2D eigenvalue weighted by Crippen LogP contribution is -2.47. The van der Waals surface area contributed by atoms with Crippen LogP contribution in [0.2, 0.25) is 0 Å². The number of carboxylic acid groups (broad SMARTS) is 1. The monoisotopic (exact) mass is 254 g/mol. The highest BCUT2D eigenvalue weighted by Gasteiger charge is 2.51. The molecule has 102 valence electrons. The van der Waals surface area contributed by atoms with Gasteiger partial charge >= 0.3 is 5.97 Å². The van der Waals surface area contributed by atoms with Crippen molar-refractivity contribution in [1.29, 1.82) is 0 Å². The minimum Gasteiger partial charge on any atom is -0.481 e. The zero-order chi connectivity index (χ0) is 13.4. The number of carbonyl (C=O) groups excluding carboxylic acids is 1. The standard InChI is InChI=1S/C13H22N2O3/c1-7(2)5-10(14)12(16)15-8-3-4-11(15)9(6-8)13(17)18/h7-11H,3-6,14H2,1-2H3,(H,17,18)/t8?,9?,10-,11?/m1/s1. The molecule has 2 aliphatic rings. The summed E-state index contributed by atoms with van der Waals surface area (Å²) in [5, 5.41) is 9.15. The van der Waals surface area contributed by atoms with Gasteiger partial charge in [0.15, 0.2) is 0 Å². The maximum absolute atomic E-state index is 12.3. The molecule has 0 spiro atoms. The van der Waals surface area contributed by atoms with Gasteiger partial charge in [-0.3, -0.25) is 9.59 Å². The summed E-state index contributed by atoms with van der Waals surface area (Å²) in [6.07, 6.45) is 2.99. The Morgan fingerprint density at radius 3 is 2.56 bits per heavy atom. The minimum atomic E-state index is -0.780. The van der Waals surface area contributed by atoms with Crippen molar-refractivity contribution < 1.29 is 14.7 Å². The summed E-state index contributed by atoms with van der Waals surface area (Å²) < 4.78 is 0. The molecule has 5 heteroatoms. The normalized spacial score (nSPS) is 32.0. The van der Waals surface area contributed by atoms with Gasteiger partial charge in [0.1, 0.15) is 0 Å². The van der Waals surface area contributed by atoms with E-state index in [0.29, 0.717) is 18.8 Å². The molecule has 2 fully saturated rings. The van der Waals surface area contributed by atoms with Crippen LogP contribution in [0.15, 0.2) is 0 Å². The van der Waals surface area contributed by atoms with Crippen LogP contribution in [0.25, 0.3) is 0 Å². The Kier molecular flexibility index (Phi) is 3.61. The lowest BCUT2D eigenvalue weighted by Gasteiger charge is -2.26. The summed E-state index contributed by atoms with van der Waals surface area (Å²) in [4.78, 5) is 25.2. The fourth-order valence-corrected chi connectivity index (χ4v) is 3.40. The average molecular weight is 254 g/mol. The van der Waals surface area contributed by atoms with Crippen LogP contribution in [0.4, 0.5) is 0 Å². The summed E-state index contributed by atoms with van der Waals surface area (Å²) in [5.74, 6) is -0.851. The van der Waals surface area contributed by atoms with E-state index in [2.05, 4.69) is 0 Å². The van der Waals surface area contributed by atoms with Crippen molar-refractivity contribution in [3.8, 4) is 0 Å². The van der Waals surface area contributed by atoms with E-state index >= 15 is 0 Å². The first-order valence-corrected chi connectivity index (χ1v) is 6.72. The molecule has 0 aromatic rings. The molecular weight excluding hydrogens is 232 g/mol. The second kappa shape index (κ2) is 4.88. The molecule has 2 aliphatic heterocycles. The largest absolute Gasteiger partial charge is 0.481 e. The van der Waals surface area contributed by atoms with Crippen LogP contribution in [0.1, 0.15) is 39.5 Å². The van der Waals surface area contributed by atoms with Crippen molar-refractivity contribution in [2.45, 2.75) is 57.7 Å². The van der Waals surface area contributed by atoms with Crippen LogP contribution in [0.5, 0.6) is 0 Å². The van der Waals surface area contributed by atoms with E-state index in [1.807, 2.05) is 13.8 Å². The molecule has 0 saturated carbocycles. The summed E-state index contributed by atoms with van der Waals surface area (Å²) in [6, 6.07) is -0.513. The summed E-state index contributed by atoms with van der Waals surface area (Å²) >= 11 is 0. The maximum Gasteiger partial charge on any atom is 0.308 e. The predicted molar refractivity (Wildman–Crippen MR) is 66.8 cm³/mol. The number of fused-ring (bicyclic) bond motifs is 2. The van der Waals surface area contributed by atoms with Gasteiger partial charge in [0.05, 0.1) is 12.0 Å². The molecule has 1 amide bonds. The molecule has 0 aromatic heterocycles. The van der Waals surface area contributed by atoms with Gasteiger partial charge in [-0.2, -0.15) is 0 Å². The number of rotatable bonds is 4. The zero-order valence-electron chi connectivity index (χ0n) is 11.0. The van der Waals surface area contributed by atoms with Crippen molar-refractivity contribution in [3.63, 3.8) is 0 Å². The molecule has 2 bridgehead atoms. The van der Waals surface area contributed by atoms with Crippen molar-refractivity contribution >= 4 is 11.9 Å². The average Bonchev–Trinajstić information content (AvgIpc) is 2.83. The van der Waals surface area contributed by atoms with E-state index in [4.69, 9.17) is 10.8 Å².